The van der Waals surface area contributed by atoms with Crippen LogP contribution in [0.25, 0.3) is 0 Å². The highest BCUT2D eigenvalue weighted by atomic mass is 16.5. The first-order chi connectivity index (χ1) is 7.56. The van der Waals surface area contributed by atoms with Crippen LogP contribution in [0.2, 0.25) is 0 Å². The van der Waals surface area contributed by atoms with Crippen LogP contribution >= 0.6 is 0 Å². The molecule has 88 valence electrons. The predicted molar refractivity (Wildman–Crippen MR) is 67.1 cm³/mol. The average Bonchev–Trinajstić information content (AvgIpc) is 2.53. The fraction of sp³-hybridized carbons (Fsp3) is 0.538. The minimum Gasteiger partial charge on any atom is -0.361 e. The van der Waals surface area contributed by atoms with Gasteiger partial charge in [0.1, 0.15) is 5.76 Å². The first-order valence-corrected chi connectivity index (χ1v) is 5.73. The molecule has 0 saturated carbocycles. The monoisotopic (exact) mass is 220 g/mol. The Morgan fingerprint density at radius 2 is 2.12 bits per heavy atom. The van der Waals surface area contributed by atoms with Gasteiger partial charge in [-0.15, -0.1) is 0 Å². The number of aliphatic imine (C=N–C) groups is 1. The molecule has 0 aliphatic carbocycles. The summed E-state index contributed by atoms with van der Waals surface area (Å²) < 4.78 is 5.17. The summed E-state index contributed by atoms with van der Waals surface area (Å²) in [6.07, 6.45) is 5.15. The standard InChI is InChI=1S/C13H20N2O/c1-6-7-8-12(14-9(2)3)13-10(4)15-16-11(13)5/h7-9H,6H2,1-5H3/b8-7-,14-12?. The van der Waals surface area contributed by atoms with E-state index in [1.165, 1.54) is 0 Å². The molecule has 0 aliphatic rings. The van der Waals surface area contributed by atoms with Crippen molar-refractivity contribution in [3.63, 3.8) is 0 Å². The molecule has 0 N–H and O–H groups in total. The fourth-order valence-corrected chi connectivity index (χ4v) is 1.55. The van der Waals surface area contributed by atoms with Crippen molar-refractivity contribution in [1.29, 1.82) is 0 Å². The van der Waals surface area contributed by atoms with Gasteiger partial charge in [0.05, 0.1) is 17.0 Å². The molecule has 3 nitrogen and oxygen atoms in total. The number of aryl methyl sites for hydroxylation is 2. The number of hydrogen-bond acceptors (Lipinski definition) is 3. The molecule has 3 heteroatoms. The van der Waals surface area contributed by atoms with Crippen LogP contribution < -0.4 is 0 Å². The summed E-state index contributed by atoms with van der Waals surface area (Å²) in [4.78, 5) is 4.61. The normalized spacial score (nSPS) is 13.0. The van der Waals surface area contributed by atoms with E-state index < -0.39 is 0 Å². The van der Waals surface area contributed by atoms with E-state index >= 15 is 0 Å². The van der Waals surface area contributed by atoms with E-state index in [4.69, 9.17) is 4.52 Å². The molecule has 0 amide bonds. The van der Waals surface area contributed by atoms with Gasteiger partial charge in [-0.1, -0.05) is 18.2 Å². The van der Waals surface area contributed by atoms with Gasteiger partial charge in [-0.2, -0.15) is 0 Å². The molecule has 0 aromatic carbocycles. The van der Waals surface area contributed by atoms with Crippen LogP contribution in [0.15, 0.2) is 21.7 Å². The highest BCUT2D eigenvalue weighted by Gasteiger charge is 2.13. The Hall–Kier alpha value is -1.38. The Kier molecular flexibility index (Phi) is 4.47. The highest BCUT2D eigenvalue weighted by Crippen LogP contribution is 2.15. The molecular formula is C13H20N2O. The van der Waals surface area contributed by atoms with Gasteiger partial charge in [0, 0.05) is 6.04 Å². The Labute approximate surface area is 97.3 Å². The second-order valence-corrected chi connectivity index (χ2v) is 4.12. The molecule has 0 saturated heterocycles. The molecule has 0 bridgehead atoms. The lowest BCUT2D eigenvalue weighted by Crippen LogP contribution is -2.04. The maximum absolute atomic E-state index is 5.17. The number of hydrogen-bond donors (Lipinski definition) is 0. The Morgan fingerprint density at radius 1 is 1.44 bits per heavy atom. The molecular weight excluding hydrogens is 200 g/mol. The smallest absolute Gasteiger partial charge is 0.143 e. The van der Waals surface area contributed by atoms with Gasteiger partial charge >= 0.3 is 0 Å². The first kappa shape index (κ1) is 12.7. The molecule has 0 unspecified atom stereocenters. The van der Waals surface area contributed by atoms with Crippen molar-refractivity contribution in [3.8, 4) is 0 Å². The summed E-state index contributed by atoms with van der Waals surface area (Å²) in [5.74, 6) is 0.831. The summed E-state index contributed by atoms with van der Waals surface area (Å²) in [5.41, 5.74) is 2.89. The van der Waals surface area contributed by atoms with Crippen LogP contribution in [-0.4, -0.2) is 16.9 Å². The quantitative estimate of drug-likeness (QED) is 0.729. The number of rotatable bonds is 4. The molecule has 0 aliphatic heterocycles. The van der Waals surface area contributed by atoms with Crippen LogP contribution in [0.3, 0.4) is 0 Å². The van der Waals surface area contributed by atoms with E-state index in [2.05, 4.69) is 37.0 Å². The van der Waals surface area contributed by atoms with Crippen molar-refractivity contribution in [2.45, 2.75) is 47.1 Å². The molecule has 0 fully saturated rings. The van der Waals surface area contributed by atoms with E-state index in [1.807, 2.05) is 19.9 Å². The predicted octanol–water partition coefficient (Wildman–Crippen LogP) is 3.46. The Bertz CT molecular complexity index is 381. The van der Waals surface area contributed by atoms with Crippen molar-refractivity contribution in [3.05, 3.63) is 29.2 Å². The van der Waals surface area contributed by atoms with Crippen LogP contribution in [0.5, 0.6) is 0 Å². The molecule has 0 atom stereocenters. The SMILES string of the molecule is CC/C=C\C(=NC(C)C)c1c(C)noc1C. The topological polar surface area (TPSA) is 38.4 Å². The van der Waals surface area contributed by atoms with Crippen molar-refractivity contribution >= 4 is 5.71 Å². The minimum absolute atomic E-state index is 0.269. The van der Waals surface area contributed by atoms with Crippen LogP contribution in [0.1, 0.15) is 44.2 Å². The van der Waals surface area contributed by atoms with E-state index in [-0.39, 0.29) is 6.04 Å². The molecule has 0 spiro atoms. The van der Waals surface area contributed by atoms with Crippen molar-refractivity contribution in [2.24, 2.45) is 4.99 Å². The summed E-state index contributed by atoms with van der Waals surface area (Å²) in [7, 11) is 0. The lowest BCUT2D eigenvalue weighted by Gasteiger charge is -2.03. The van der Waals surface area contributed by atoms with Crippen LogP contribution in [-0.2, 0) is 0 Å². The summed E-state index contributed by atoms with van der Waals surface area (Å²) in [6, 6.07) is 0.269. The van der Waals surface area contributed by atoms with Crippen LogP contribution in [0, 0.1) is 13.8 Å². The lowest BCUT2D eigenvalue weighted by atomic mass is 10.1. The van der Waals surface area contributed by atoms with Gasteiger partial charge in [-0.05, 0) is 40.2 Å². The third-order valence-corrected chi connectivity index (χ3v) is 2.20. The summed E-state index contributed by atoms with van der Waals surface area (Å²) in [6.45, 7) is 10.1. The number of aromatic nitrogens is 1. The van der Waals surface area contributed by atoms with Gasteiger partial charge in [0.15, 0.2) is 0 Å². The molecule has 16 heavy (non-hydrogen) atoms. The largest absolute Gasteiger partial charge is 0.361 e. The van der Waals surface area contributed by atoms with Crippen LogP contribution in [0.4, 0.5) is 0 Å². The fourth-order valence-electron chi connectivity index (χ4n) is 1.55. The number of nitrogens with zero attached hydrogens (tertiary/aromatic N) is 2. The molecule has 1 aromatic rings. The van der Waals surface area contributed by atoms with E-state index in [0.29, 0.717) is 0 Å². The van der Waals surface area contributed by atoms with Crippen molar-refractivity contribution in [2.75, 3.05) is 0 Å². The van der Waals surface area contributed by atoms with Gasteiger partial charge in [-0.3, -0.25) is 4.99 Å². The van der Waals surface area contributed by atoms with Gasteiger partial charge < -0.3 is 4.52 Å². The maximum Gasteiger partial charge on any atom is 0.143 e. The molecule has 1 aromatic heterocycles. The third-order valence-electron chi connectivity index (χ3n) is 2.20. The second-order valence-electron chi connectivity index (χ2n) is 4.12. The van der Waals surface area contributed by atoms with Gasteiger partial charge in [0.2, 0.25) is 0 Å². The van der Waals surface area contributed by atoms with E-state index in [0.717, 1.165) is 29.2 Å². The Morgan fingerprint density at radius 3 is 2.56 bits per heavy atom. The zero-order chi connectivity index (χ0) is 12.1. The average molecular weight is 220 g/mol. The summed E-state index contributed by atoms with van der Waals surface area (Å²) >= 11 is 0. The van der Waals surface area contributed by atoms with E-state index in [1.54, 1.807) is 0 Å². The maximum atomic E-state index is 5.17. The lowest BCUT2D eigenvalue weighted by molar-refractivity contribution is 0.393. The molecule has 1 heterocycles. The minimum atomic E-state index is 0.269. The second kappa shape index (κ2) is 5.64. The van der Waals surface area contributed by atoms with E-state index in [9.17, 15) is 0 Å². The first-order valence-electron chi connectivity index (χ1n) is 5.73. The summed E-state index contributed by atoms with van der Waals surface area (Å²) in [5, 5.41) is 3.96. The van der Waals surface area contributed by atoms with Crippen molar-refractivity contribution in [1.82, 2.24) is 5.16 Å². The highest BCUT2D eigenvalue weighted by molar-refractivity contribution is 6.10. The number of allylic oxidation sites excluding steroid dienone is 2. The molecule has 0 radical (unpaired) electrons. The zero-order valence-electron chi connectivity index (χ0n) is 10.7. The van der Waals surface area contributed by atoms with Gasteiger partial charge in [0.25, 0.3) is 0 Å². The van der Waals surface area contributed by atoms with Crippen molar-refractivity contribution < 1.29 is 4.52 Å². The Balaban J connectivity index is 3.16. The van der Waals surface area contributed by atoms with Gasteiger partial charge in [-0.25, -0.2) is 0 Å². The zero-order valence-corrected chi connectivity index (χ0v) is 10.7. The molecule has 1 rings (SSSR count). The third kappa shape index (κ3) is 3.05.